The first-order chi connectivity index (χ1) is 16.5. The Labute approximate surface area is 207 Å². The van der Waals surface area contributed by atoms with Crippen molar-refractivity contribution in [3.63, 3.8) is 0 Å². The van der Waals surface area contributed by atoms with Crippen molar-refractivity contribution in [1.82, 2.24) is 15.0 Å². The predicted octanol–water partition coefficient (Wildman–Crippen LogP) is 3.30. The molecule has 3 aromatic rings. The van der Waals surface area contributed by atoms with E-state index in [0.717, 1.165) is 5.56 Å². The molecular formula is C24H24ClN5O5. The quantitative estimate of drug-likeness (QED) is 0.491. The number of hydrogen-bond donors (Lipinski definition) is 2. The van der Waals surface area contributed by atoms with E-state index in [9.17, 15) is 14.4 Å². The summed E-state index contributed by atoms with van der Waals surface area (Å²) in [6.45, 7) is 1.12. The average molecular weight is 498 g/mol. The normalized spacial score (nSPS) is 13.5. The van der Waals surface area contributed by atoms with Crippen LogP contribution in [0.15, 0.2) is 55.0 Å². The summed E-state index contributed by atoms with van der Waals surface area (Å²) in [6, 6.07) is 10.7. The first kappa shape index (κ1) is 25.6. The number of halogens is 1. The van der Waals surface area contributed by atoms with Crippen LogP contribution in [0, 0.1) is 5.92 Å². The molecule has 1 fully saturated rings. The highest BCUT2D eigenvalue weighted by Gasteiger charge is 2.25. The van der Waals surface area contributed by atoms with E-state index in [2.05, 4.69) is 20.3 Å². The number of nitrogens with one attached hydrogen (secondary N) is 1. The van der Waals surface area contributed by atoms with E-state index in [4.69, 9.17) is 9.84 Å². The van der Waals surface area contributed by atoms with Crippen LogP contribution in [0.3, 0.4) is 0 Å². The van der Waals surface area contributed by atoms with Crippen molar-refractivity contribution in [1.29, 1.82) is 0 Å². The minimum absolute atomic E-state index is 0. The number of carboxylic acids is 1. The van der Waals surface area contributed by atoms with Crippen molar-refractivity contribution in [2.45, 2.75) is 12.8 Å². The fourth-order valence-corrected chi connectivity index (χ4v) is 3.79. The second-order valence-electron chi connectivity index (χ2n) is 7.79. The van der Waals surface area contributed by atoms with Crippen LogP contribution in [0.25, 0.3) is 11.1 Å². The van der Waals surface area contributed by atoms with Gasteiger partial charge in [0.1, 0.15) is 17.3 Å². The van der Waals surface area contributed by atoms with Crippen molar-refractivity contribution in [2.24, 2.45) is 5.92 Å². The lowest BCUT2D eigenvalue weighted by Gasteiger charge is -2.30. The zero-order valence-corrected chi connectivity index (χ0v) is 19.7. The molecule has 0 radical (unpaired) electrons. The van der Waals surface area contributed by atoms with E-state index in [-0.39, 0.29) is 35.4 Å². The second-order valence-corrected chi connectivity index (χ2v) is 7.79. The molecule has 0 atom stereocenters. The van der Waals surface area contributed by atoms with Crippen LogP contribution >= 0.6 is 12.4 Å². The maximum atomic E-state index is 12.7. The summed E-state index contributed by atoms with van der Waals surface area (Å²) in [4.78, 5) is 50.8. The second kappa shape index (κ2) is 11.4. The van der Waals surface area contributed by atoms with Crippen LogP contribution < -0.4 is 10.2 Å². The Morgan fingerprint density at radius 1 is 1.03 bits per heavy atom. The number of rotatable bonds is 6. The molecule has 3 heterocycles. The van der Waals surface area contributed by atoms with Crippen molar-refractivity contribution >= 4 is 41.9 Å². The third-order valence-electron chi connectivity index (χ3n) is 5.67. The Bertz CT molecular complexity index is 1200. The van der Waals surface area contributed by atoms with E-state index in [1.54, 1.807) is 0 Å². The number of aromatic nitrogens is 3. The maximum Gasteiger partial charge on any atom is 0.338 e. The highest BCUT2D eigenvalue weighted by Crippen LogP contribution is 2.26. The molecule has 1 aromatic carbocycles. The number of ether oxygens (including phenoxy) is 1. The maximum absolute atomic E-state index is 12.7. The molecule has 10 nitrogen and oxygen atoms in total. The molecule has 11 heteroatoms. The fourth-order valence-electron chi connectivity index (χ4n) is 3.79. The highest BCUT2D eigenvalue weighted by molar-refractivity contribution is 6.04. The number of esters is 1. The number of benzene rings is 1. The van der Waals surface area contributed by atoms with Gasteiger partial charge in [-0.3, -0.25) is 9.59 Å². The van der Waals surface area contributed by atoms with E-state index < -0.39 is 17.8 Å². The predicted molar refractivity (Wildman–Crippen MR) is 131 cm³/mol. The molecule has 2 N–H and O–H groups in total. The Balaban J connectivity index is 0.00000342. The number of carbonyl (C=O) groups is 3. The minimum Gasteiger partial charge on any atom is -0.481 e. The number of nitrogens with zero attached hydrogens (tertiary/aromatic N) is 4. The van der Waals surface area contributed by atoms with Crippen molar-refractivity contribution in [2.75, 3.05) is 30.4 Å². The van der Waals surface area contributed by atoms with Gasteiger partial charge < -0.3 is 20.1 Å². The van der Waals surface area contributed by atoms with Gasteiger partial charge in [0.25, 0.3) is 5.91 Å². The third kappa shape index (κ3) is 5.90. The molecule has 0 unspecified atom stereocenters. The van der Waals surface area contributed by atoms with E-state index >= 15 is 0 Å². The van der Waals surface area contributed by atoms with Gasteiger partial charge >= 0.3 is 11.9 Å². The molecule has 1 aliphatic heterocycles. The van der Waals surface area contributed by atoms with Crippen LogP contribution in [0.2, 0.25) is 0 Å². The molecule has 1 aliphatic rings. The number of carbonyl (C=O) groups excluding carboxylic acids is 2. The van der Waals surface area contributed by atoms with Crippen molar-refractivity contribution < 1.29 is 24.2 Å². The van der Waals surface area contributed by atoms with Gasteiger partial charge in [0.15, 0.2) is 0 Å². The topological polar surface area (TPSA) is 135 Å². The number of hydrogen-bond acceptors (Lipinski definition) is 8. The van der Waals surface area contributed by atoms with Gasteiger partial charge in [-0.25, -0.2) is 19.7 Å². The van der Waals surface area contributed by atoms with Gasteiger partial charge in [0.05, 0.1) is 31.0 Å². The van der Waals surface area contributed by atoms with E-state index in [1.165, 1.54) is 31.8 Å². The summed E-state index contributed by atoms with van der Waals surface area (Å²) in [6.07, 6.45) is 5.42. The zero-order chi connectivity index (χ0) is 24.1. The number of carboxylic acid groups (broad SMARTS) is 1. The van der Waals surface area contributed by atoms with E-state index in [1.807, 2.05) is 35.2 Å². The number of amides is 1. The minimum atomic E-state index is -0.779. The highest BCUT2D eigenvalue weighted by atomic mass is 35.5. The Morgan fingerprint density at radius 3 is 2.34 bits per heavy atom. The zero-order valence-electron chi connectivity index (χ0n) is 18.9. The van der Waals surface area contributed by atoms with Crippen LogP contribution in [-0.2, 0) is 9.53 Å². The van der Waals surface area contributed by atoms with Crippen molar-refractivity contribution in [3.05, 3.63) is 66.2 Å². The molecule has 182 valence electrons. The molecule has 2 aromatic heterocycles. The molecule has 1 amide bonds. The summed E-state index contributed by atoms with van der Waals surface area (Å²) in [7, 11) is 1.29. The van der Waals surface area contributed by atoms with Gasteiger partial charge in [-0.15, -0.1) is 12.4 Å². The van der Waals surface area contributed by atoms with Crippen LogP contribution in [-0.4, -0.2) is 58.1 Å². The summed E-state index contributed by atoms with van der Waals surface area (Å²) >= 11 is 0. The fraction of sp³-hybridized carbons (Fsp3) is 0.250. The standard InChI is InChI=1S/C24H23N5O5.ClH/c1-34-24(33)17-11-20(26-12-18(17)15-5-3-2-4-6-15)28-22(30)19-13-27-21(14-25-19)29-9-7-16(8-10-29)23(31)32;/h2-6,11-14,16H,7-10H2,1H3,(H,31,32)(H,26,28,30);1H. The molecule has 0 bridgehead atoms. The van der Waals surface area contributed by atoms with E-state index in [0.29, 0.717) is 37.3 Å². The number of piperidine rings is 1. The number of anilines is 2. The Hall–Kier alpha value is -4.05. The molecule has 0 saturated carbocycles. The lowest BCUT2D eigenvalue weighted by molar-refractivity contribution is -0.142. The molecular weight excluding hydrogens is 474 g/mol. The molecule has 35 heavy (non-hydrogen) atoms. The van der Waals surface area contributed by atoms with Gasteiger partial charge in [0, 0.05) is 24.8 Å². The smallest absolute Gasteiger partial charge is 0.338 e. The lowest BCUT2D eigenvalue weighted by atomic mass is 9.97. The van der Waals surface area contributed by atoms with Gasteiger partial charge in [-0.1, -0.05) is 30.3 Å². The van der Waals surface area contributed by atoms with Gasteiger partial charge in [0.2, 0.25) is 0 Å². The van der Waals surface area contributed by atoms with Gasteiger partial charge in [-0.05, 0) is 24.5 Å². The first-order valence-corrected chi connectivity index (χ1v) is 10.7. The molecule has 1 saturated heterocycles. The number of aliphatic carboxylic acids is 1. The lowest BCUT2D eigenvalue weighted by Crippen LogP contribution is -2.36. The third-order valence-corrected chi connectivity index (χ3v) is 5.67. The summed E-state index contributed by atoms with van der Waals surface area (Å²) in [5, 5.41) is 11.8. The summed E-state index contributed by atoms with van der Waals surface area (Å²) in [5.74, 6) is -1.44. The largest absolute Gasteiger partial charge is 0.481 e. The number of pyridine rings is 1. The molecule has 4 rings (SSSR count). The SMILES string of the molecule is COC(=O)c1cc(NC(=O)c2cnc(N3CCC(C(=O)O)CC3)cn2)ncc1-c1ccccc1.Cl. The van der Waals surface area contributed by atoms with Crippen LogP contribution in [0.4, 0.5) is 11.6 Å². The Morgan fingerprint density at radius 2 is 1.74 bits per heavy atom. The van der Waals surface area contributed by atoms with Crippen LogP contribution in [0.5, 0.6) is 0 Å². The Kier molecular flexibility index (Phi) is 8.32. The molecule has 0 spiro atoms. The first-order valence-electron chi connectivity index (χ1n) is 10.7. The van der Waals surface area contributed by atoms with Crippen LogP contribution in [0.1, 0.15) is 33.7 Å². The average Bonchev–Trinajstić information content (AvgIpc) is 2.88. The molecule has 0 aliphatic carbocycles. The summed E-state index contributed by atoms with van der Waals surface area (Å²) in [5.41, 5.74) is 1.73. The summed E-state index contributed by atoms with van der Waals surface area (Å²) < 4.78 is 4.89. The van der Waals surface area contributed by atoms with Crippen molar-refractivity contribution in [3.8, 4) is 11.1 Å². The monoisotopic (exact) mass is 497 g/mol. The number of methoxy groups -OCH3 is 1. The van der Waals surface area contributed by atoms with Gasteiger partial charge in [-0.2, -0.15) is 0 Å².